The van der Waals surface area contributed by atoms with E-state index >= 15 is 0 Å². The fourth-order valence-electron chi connectivity index (χ4n) is 1.58. The largest absolute Gasteiger partial charge is 0.350 e. The van der Waals surface area contributed by atoms with E-state index in [1.165, 1.54) is 0 Å². The summed E-state index contributed by atoms with van der Waals surface area (Å²) in [6.07, 6.45) is 1.36. The molecular formula is C11H13F2N3O. The number of halogens is 2. The molecule has 1 amide bonds. The highest BCUT2D eigenvalue weighted by Crippen LogP contribution is 2.09. The van der Waals surface area contributed by atoms with E-state index in [0.29, 0.717) is 12.3 Å². The molecule has 0 atom stereocenters. The van der Waals surface area contributed by atoms with E-state index in [1.807, 2.05) is 0 Å². The number of hydrogen-bond donors (Lipinski definition) is 2. The van der Waals surface area contributed by atoms with Crippen molar-refractivity contribution in [1.82, 2.24) is 15.6 Å². The van der Waals surface area contributed by atoms with E-state index in [-0.39, 0.29) is 18.1 Å². The number of rotatable bonds is 4. The van der Waals surface area contributed by atoms with E-state index in [0.717, 1.165) is 25.4 Å². The Hall–Kier alpha value is -1.56. The smallest absolute Gasteiger partial charge is 0.220 e. The molecule has 0 aliphatic carbocycles. The molecule has 6 heteroatoms. The second-order valence-electron chi connectivity index (χ2n) is 4.09. The Labute approximate surface area is 97.4 Å². The Morgan fingerprint density at radius 1 is 1.53 bits per heavy atom. The van der Waals surface area contributed by atoms with Crippen LogP contribution in [0.5, 0.6) is 0 Å². The van der Waals surface area contributed by atoms with Crippen LogP contribution < -0.4 is 10.6 Å². The van der Waals surface area contributed by atoms with Gasteiger partial charge < -0.3 is 10.6 Å². The van der Waals surface area contributed by atoms with Gasteiger partial charge >= 0.3 is 0 Å². The predicted octanol–water partition coefficient (Wildman–Crippen LogP) is 0.586. The summed E-state index contributed by atoms with van der Waals surface area (Å²) in [4.78, 5) is 15.0. The minimum absolute atomic E-state index is 0.00883. The van der Waals surface area contributed by atoms with Crippen molar-refractivity contribution in [2.24, 2.45) is 5.92 Å². The molecule has 2 N–H and O–H groups in total. The maximum absolute atomic E-state index is 13.2. The van der Waals surface area contributed by atoms with Gasteiger partial charge in [-0.15, -0.1) is 0 Å². The van der Waals surface area contributed by atoms with E-state index in [1.54, 1.807) is 0 Å². The van der Waals surface area contributed by atoms with Crippen LogP contribution in [0.4, 0.5) is 8.78 Å². The maximum Gasteiger partial charge on any atom is 0.220 e. The van der Waals surface area contributed by atoms with E-state index in [9.17, 15) is 13.6 Å². The zero-order valence-electron chi connectivity index (χ0n) is 9.17. The van der Waals surface area contributed by atoms with Gasteiger partial charge in [0.1, 0.15) is 11.6 Å². The van der Waals surface area contributed by atoms with Crippen LogP contribution in [0.15, 0.2) is 12.3 Å². The molecule has 17 heavy (non-hydrogen) atoms. The first-order valence-electron chi connectivity index (χ1n) is 5.42. The third-order valence-electron chi connectivity index (χ3n) is 2.68. The van der Waals surface area contributed by atoms with E-state index in [2.05, 4.69) is 15.6 Å². The fraction of sp³-hybridized carbons (Fsp3) is 0.455. The third kappa shape index (κ3) is 3.20. The monoisotopic (exact) mass is 241 g/mol. The highest BCUT2D eigenvalue weighted by atomic mass is 19.1. The van der Waals surface area contributed by atoms with Crippen LogP contribution in [0.2, 0.25) is 0 Å². The number of amides is 1. The normalized spacial score (nSPS) is 15.4. The van der Waals surface area contributed by atoms with Crippen LogP contribution >= 0.6 is 0 Å². The first-order chi connectivity index (χ1) is 8.15. The van der Waals surface area contributed by atoms with Gasteiger partial charge in [-0.2, -0.15) is 0 Å². The fourth-order valence-corrected chi connectivity index (χ4v) is 1.58. The molecule has 0 bridgehead atoms. The Morgan fingerprint density at radius 3 is 2.88 bits per heavy atom. The highest BCUT2D eigenvalue weighted by molar-refractivity contribution is 5.76. The SMILES string of the molecule is O=C(CC1CNC1)NCc1ncc(F)cc1F. The molecule has 1 fully saturated rings. The lowest BCUT2D eigenvalue weighted by molar-refractivity contribution is -0.122. The number of pyridine rings is 1. The van der Waals surface area contributed by atoms with Crippen LogP contribution in [0.25, 0.3) is 0 Å². The van der Waals surface area contributed by atoms with Crippen molar-refractivity contribution in [3.8, 4) is 0 Å². The lowest BCUT2D eigenvalue weighted by atomic mass is 9.99. The van der Waals surface area contributed by atoms with Gasteiger partial charge in [-0.1, -0.05) is 0 Å². The van der Waals surface area contributed by atoms with Gasteiger partial charge in [0, 0.05) is 12.5 Å². The zero-order chi connectivity index (χ0) is 12.3. The number of nitrogens with zero attached hydrogens (tertiary/aromatic N) is 1. The summed E-state index contributed by atoms with van der Waals surface area (Å²) in [5, 5.41) is 5.63. The van der Waals surface area contributed by atoms with Crippen molar-refractivity contribution in [2.75, 3.05) is 13.1 Å². The highest BCUT2D eigenvalue weighted by Gasteiger charge is 2.20. The van der Waals surface area contributed by atoms with Gasteiger partial charge in [0.2, 0.25) is 5.91 Å². The number of carbonyl (C=O) groups excluding carboxylic acids is 1. The molecule has 2 heterocycles. The van der Waals surface area contributed by atoms with Gasteiger partial charge in [0.25, 0.3) is 0 Å². The summed E-state index contributed by atoms with van der Waals surface area (Å²) >= 11 is 0. The van der Waals surface area contributed by atoms with Crippen LogP contribution in [0.1, 0.15) is 12.1 Å². The molecule has 1 aromatic heterocycles. The van der Waals surface area contributed by atoms with Crippen molar-refractivity contribution in [3.63, 3.8) is 0 Å². The summed E-state index contributed by atoms with van der Waals surface area (Å²) in [6.45, 7) is 1.68. The number of hydrogen-bond acceptors (Lipinski definition) is 3. The topological polar surface area (TPSA) is 54.0 Å². The molecule has 0 saturated carbocycles. The van der Waals surface area contributed by atoms with Gasteiger partial charge in [-0.25, -0.2) is 8.78 Å². The Kier molecular flexibility index (Phi) is 3.63. The first kappa shape index (κ1) is 11.9. The zero-order valence-corrected chi connectivity index (χ0v) is 9.17. The van der Waals surface area contributed by atoms with Crippen LogP contribution in [0.3, 0.4) is 0 Å². The van der Waals surface area contributed by atoms with Gasteiger partial charge in [0.15, 0.2) is 0 Å². The van der Waals surface area contributed by atoms with Crippen molar-refractivity contribution in [1.29, 1.82) is 0 Å². The standard InChI is InChI=1S/C11H13F2N3O/c12-8-2-9(13)10(15-5-8)6-16-11(17)1-7-3-14-4-7/h2,5,7,14H,1,3-4,6H2,(H,16,17). The van der Waals surface area contributed by atoms with Crippen molar-refractivity contribution >= 4 is 5.91 Å². The molecule has 1 aromatic rings. The maximum atomic E-state index is 13.2. The summed E-state index contributed by atoms with van der Waals surface area (Å²) in [5.41, 5.74) is 0.0477. The van der Waals surface area contributed by atoms with Crippen molar-refractivity contribution in [2.45, 2.75) is 13.0 Å². The first-order valence-corrected chi connectivity index (χ1v) is 5.42. The van der Waals surface area contributed by atoms with Gasteiger partial charge in [-0.05, 0) is 19.0 Å². The Bertz CT molecular complexity index is 421. The molecule has 0 spiro atoms. The van der Waals surface area contributed by atoms with Crippen molar-refractivity contribution in [3.05, 3.63) is 29.6 Å². The molecule has 2 rings (SSSR count). The second-order valence-corrected chi connectivity index (χ2v) is 4.09. The summed E-state index contributed by atoms with van der Waals surface area (Å²) in [6, 6.07) is 0.754. The summed E-state index contributed by atoms with van der Waals surface area (Å²) in [7, 11) is 0. The average molecular weight is 241 g/mol. The van der Waals surface area contributed by atoms with Crippen LogP contribution in [-0.4, -0.2) is 24.0 Å². The molecule has 1 aliphatic rings. The number of aromatic nitrogens is 1. The number of carbonyl (C=O) groups is 1. The van der Waals surface area contributed by atoms with Gasteiger partial charge in [0.05, 0.1) is 18.4 Å². The lowest BCUT2D eigenvalue weighted by Gasteiger charge is -2.26. The lowest BCUT2D eigenvalue weighted by Crippen LogP contribution is -2.44. The Balaban J connectivity index is 1.82. The Morgan fingerprint density at radius 2 is 2.29 bits per heavy atom. The average Bonchev–Trinajstić information content (AvgIpc) is 2.22. The minimum Gasteiger partial charge on any atom is -0.350 e. The molecule has 1 aliphatic heterocycles. The van der Waals surface area contributed by atoms with E-state index < -0.39 is 11.6 Å². The van der Waals surface area contributed by atoms with Gasteiger partial charge in [-0.3, -0.25) is 9.78 Å². The quantitative estimate of drug-likeness (QED) is 0.811. The minimum atomic E-state index is -0.740. The summed E-state index contributed by atoms with van der Waals surface area (Å²) in [5.74, 6) is -1.24. The molecule has 1 saturated heterocycles. The van der Waals surface area contributed by atoms with Crippen LogP contribution in [-0.2, 0) is 11.3 Å². The number of nitrogens with one attached hydrogen (secondary N) is 2. The molecule has 92 valence electrons. The van der Waals surface area contributed by atoms with Crippen molar-refractivity contribution < 1.29 is 13.6 Å². The molecule has 0 aromatic carbocycles. The molecular weight excluding hydrogens is 228 g/mol. The predicted molar refractivity (Wildman–Crippen MR) is 57.0 cm³/mol. The second kappa shape index (κ2) is 5.18. The molecule has 4 nitrogen and oxygen atoms in total. The van der Waals surface area contributed by atoms with E-state index in [4.69, 9.17) is 0 Å². The summed E-state index contributed by atoms with van der Waals surface area (Å²) < 4.78 is 25.8. The van der Waals surface area contributed by atoms with Crippen LogP contribution in [0, 0.1) is 17.6 Å². The third-order valence-corrected chi connectivity index (χ3v) is 2.68. The molecule has 0 unspecified atom stereocenters. The molecule has 0 radical (unpaired) electrons.